The molecule has 3 amide bonds. The first-order chi connectivity index (χ1) is 12.9. The number of urea groups is 1. The van der Waals surface area contributed by atoms with E-state index in [2.05, 4.69) is 20.9 Å². The van der Waals surface area contributed by atoms with E-state index in [-0.39, 0.29) is 11.6 Å². The molecular weight excluding hydrogens is 384 g/mol. The number of amides is 3. The summed E-state index contributed by atoms with van der Waals surface area (Å²) in [4.78, 5) is 28.6. The zero-order chi connectivity index (χ0) is 19.4. The summed E-state index contributed by atoms with van der Waals surface area (Å²) in [6, 6.07) is 12.2. The molecular formula is C19H17ClN4O2S. The number of nitrogens with zero attached hydrogens (tertiary/aromatic N) is 1. The highest BCUT2D eigenvalue weighted by atomic mass is 35.5. The molecule has 0 fully saturated rings. The lowest BCUT2D eigenvalue weighted by atomic mass is 10.2. The van der Waals surface area contributed by atoms with Crippen LogP contribution in [0.3, 0.4) is 0 Å². The molecule has 0 spiro atoms. The average molecular weight is 401 g/mol. The van der Waals surface area contributed by atoms with Crippen LogP contribution in [0, 0.1) is 13.8 Å². The Labute approximate surface area is 165 Å². The van der Waals surface area contributed by atoms with Gasteiger partial charge in [0, 0.05) is 21.8 Å². The molecule has 3 N–H and O–H groups in total. The van der Waals surface area contributed by atoms with Crippen LogP contribution < -0.4 is 16.0 Å². The molecule has 27 heavy (non-hydrogen) atoms. The summed E-state index contributed by atoms with van der Waals surface area (Å²) >= 11 is 7.13. The number of hydrogen-bond acceptors (Lipinski definition) is 4. The molecule has 0 aliphatic rings. The highest BCUT2D eigenvalue weighted by Gasteiger charge is 2.14. The summed E-state index contributed by atoms with van der Waals surface area (Å²) in [6.45, 7) is 3.84. The van der Waals surface area contributed by atoms with Crippen molar-refractivity contribution in [3.05, 3.63) is 69.7 Å². The quantitative estimate of drug-likeness (QED) is 0.555. The lowest BCUT2D eigenvalue weighted by Gasteiger charge is -2.07. The summed E-state index contributed by atoms with van der Waals surface area (Å²) in [5.74, 6) is -0.372. The highest BCUT2D eigenvalue weighted by molar-refractivity contribution is 7.14. The Morgan fingerprint density at radius 1 is 1.00 bits per heavy atom. The number of rotatable bonds is 4. The fraction of sp³-hybridized carbons (Fsp3) is 0.105. The van der Waals surface area contributed by atoms with E-state index in [1.807, 2.05) is 44.2 Å². The minimum Gasteiger partial charge on any atom is -0.320 e. The smallest absolute Gasteiger partial charge is 0.320 e. The average Bonchev–Trinajstić information content (AvgIpc) is 3.08. The molecule has 0 atom stereocenters. The molecule has 1 heterocycles. The summed E-state index contributed by atoms with van der Waals surface area (Å²) in [6.07, 6.45) is 0. The van der Waals surface area contributed by atoms with E-state index in [0.29, 0.717) is 21.5 Å². The Bertz CT molecular complexity index is 986. The molecule has 3 aromatic rings. The summed E-state index contributed by atoms with van der Waals surface area (Å²) in [7, 11) is 0. The second-order valence-electron chi connectivity index (χ2n) is 5.90. The SMILES string of the molecule is Cc1ccc(NC(=O)Nc2nc(C(=O)Nc3cc(Cl)ccc3C)cs2)cc1. The van der Waals surface area contributed by atoms with Crippen LogP contribution in [0.25, 0.3) is 0 Å². The largest absolute Gasteiger partial charge is 0.325 e. The minimum absolute atomic E-state index is 0.213. The Balaban J connectivity index is 1.62. The summed E-state index contributed by atoms with van der Waals surface area (Å²) in [5.41, 5.74) is 3.49. The lowest BCUT2D eigenvalue weighted by molar-refractivity contribution is 0.102. The van der Waals surface area contributed by atoms with Gasteiger partial charge in [-0.15, -0.1) is 11.3 Å². The number of aryl methyl sites for hydroxylation is 2. The number of halogens is 1. The van der Waals surface area contributed by atoms with E-state index in [0.717, 1.165) is 11.1 Å². The second kappa shape index (κ2) is 8.20. The van der Waals surface area contributed by atoms with E-state index < -0.39 is 6.03 Å². The van der Waals surface area contributed by atoms with Crippen LogP contribution in [0.2, 0.25) is 5.02 Å². The van der Waals surface area contributed by atoms with Crippen molar-refractivity contribution in [1.29, 1.82) is 0 Å². The van der Waals surface area contributed by atoms with Gasteiger partial charge in [0.2, 0.25) is 0 Å². The number of carbonyl (C=O) groups is 2. The van der Waals surface area contributed by atoms with Gasteiger partial charge in [0.05, 0.1) is 0 Å². The van der Waals surface area contributed by atoms with Gasteiger partial charge in [0.25, 0.3) is 5.91 Å². The fourth-order valence-electron chi connectivity index (χ4n) is 2.25. The predicted octanol–water partition coefficient (Wildman–Crippen LogP) is 5.31. The molecule has 0 aliphatic carbocycles. The van der Waals surface area contributed by atoms with Crippen molar-refractivity contribution >= 4 is 51.4 Å². The van der Waals surface area contributed by atoms with Crippen molar-refractivity contribution in [2.24, 2.45) is 0 Å². The predicted molar refractivity (Wildman–Crippen MR) is 110 cm³/mol. The van der Waals surface area contributed by atoms with Gasteiger partial charge in [-0.05, 0) is 43.7 Å². The number of carbonyl (C=O) groups excluding carboxylic acids is 2. The maximum absolute atomic E-state index is 12.4. The van der Waals surface area contributed by atoms with Gasteiger partial charge in [-0.25, -0.2) is 9.78 Å². The van der Waals surface area contributed by atoms with Gasteiger partial charge in [0.15, 0.2) is 5.13 Å². The van der Waals surface area contributed by atoms with Gasteiger partial charge in [0.1, 0.15) is 5.69 Å². The number of nitrogens with one attached hydrogen (secondary N) is 3. The molecule has 0 saturated carbocycles. The first kappa shape index (κ1) is 18.9. The molecule has 0 unspecified atom stereocenters. The molecule has 8 heteroatoms. The van der Waals surface area contributed by atoms with Crippen LogP contribution in [-0.4, -0.2) is 16.9 Å². The summed E-state index contributed by atoms with van der Waals surface area (Å²) in [5, 5.41) is 10.5. The highest BCUT2D eigenvalue weighted by Crippen LogP contribution is 2.22. The zero-order valence-electron chi connectivity index (χ0n) is 14.7. The molecule has 138 valence electrons. The third-order valence-electron chi connectivity index (χ3n) is 3.71. The molecule has 6 nitrogen and oxygen atoms in total. The van der Waals surface area contributed by atoms with Crippen molar-refractivity contribution in [2.75, 3.05) is 16.0 Å². The Morgan fingerprint density at radius 2 is 1.74 bits per heavy atom. The van der Waals surface area contributed by atoms with Crippen LogP contribution in [-0.2, 0) is 0 Å². The van der Waals surface area contributed by atoms with Crippen LogP contribution in [0.15, 0.2) is 47.8 Å². The normalized spacial score (nSPS) is 10.3. The molecule has 0 bridgehead atoms. The number of benzene rings is 2. The molecule has 0 saturated heterocycles. The first-order valence-electron chi connectivity index (χ1n) is 8.08. The van der Waals surface area contributed by atoms with Crippen molar-refractivity contribution < 1.29 is 9.59 Å². The molecule has 0 aliphatic heterocycles. The van der Waals surface area contributed by atoms with Crippen LogP contribution in [0.4, 0.5) is 21.3 Å². The van der Waals surface area contributed by atoms with E-state index in [1.165, 1.54) is 11.3 Å². The van der Waals surface area contributed by atoms with Crippen molar-refractivity contribution in [3.8, 4) is 0 Å². The Hall–Kier alpha value is -2.90. The zero-order valence-corrected chi connectivity index (χ0v) is 16.2. The van der Waals surface area contributed by atoms with Crippen LogP contribution >= 0.6 is 22.9 Å². The van der Waals surface area contributed by atoms with Crippen molar-refractivity contribution in [2.45, 2.75) is 13.8 Å². The molecule has 1 aromatic heterocycles. The number of thiazole rings is 1. The summed E-state index contributed by atoms with van der Waals surface area (Å²) < 4.78 is 0. The first-order valence-corrected chi connectivity index (χ1v) is 9.34. The van der Waals surface area contributed by atoms with Gasteiger partial charge in [-0.2, -0.15) is 0 Å². The minimum atomic E-state index is -0.425. The van der Waals surface area contributed by atoms with Crippen LogP contribution in [0.5, 0.6) is 0 Å². The van der Waals surface area contributed by atoms with Gasteiger partial charge < -0.3 is 10.6 Å². The van der Waals surface area contributed by atoms with Crippen molar-refractivity contribution in [1.82, 2.24) is 4.98 Å². The van der Waals surface area contributed by atoms with E-state index in [9.17, 15) is 9.59 Å². The lowest BCUT2D eigenvalue weighted by Crippen LogP contribution is -2.19. The molecule has 3 rings (SSSR count). The Morgan fingerprint density at radius 3 is 2.48 bits per heavy atom. The van der Waals surface area contributed by atoms with Gasteiger partial charge in [-0.1, -0.05) is 35.4 Å². The second-order valence-corrected chi connectivity index (χ2v) is 7.19. The van der Waals surface area contributed by atoms with Gasteiger partial charge in [-0.3, -0.25) is 10.1 Å². The monoisotopic (exact) mass is 400 g/mol. The number of anilines is 3. The standard InChI is InChI=1S/C19H17ClN4O2S/c1-11-3-7-14(8-4-11)21-18(26)24-19-23-16(10-27-19)17(25)22-15-9-13(20)6-5-12(15)2/h3-10H,1-2H3,(H,22,25)(H2,21,23,24,26). The maximum Gasteiger partial charge on any atom is 0.325 e. The third-order valence-corrected chi connectivity index (χ3v) is 4.71. The number of aromatic nitrogens is 1. The molecule has 2 aromatic carbocycles. The van der Waals surface area contributed by atoms with Gasteiger partial charge >= 0.3 is 6.03 Å². The third kappa shape index (κ3) is 5.06. The van der Waals surface area contributed by atoms with Crippen molar-refractivity contribution in [3.63, 3.8) is 0 Å². The fourth-order valence-corrected chi connectivity index (χ4v) is 3.10. The van der Waals surface area contributed by atoms with E-state index >= 15 is 0 Å². The maximum atomic E-state index is 12.4. The van der Waals surface area contributed by atoms with E-state index in [1.54, 1.807) is 17.5 Å². The van der Waals surface area contributed by atoms with E-state index in [4.69, 9.17) is 11.6 Å². The molecule has 0 radical (unpaired) electrons. The Kier molecular flexibility index (Phi) is 5.73. The van der Waals surface area contributed by atoms with Crippen LogP contribution in [0.1, 0.15) is 21.6 Å². The number of hydrogen-bond donors (Lipinski definition) is 3. The topological polar surface area (TPSA) is 83.1 Å².